The molecule has 32 heavy (non-hydrogen) atoms. The van der Waals surface area contributed by atoms with Gasteiger partial charge in [-0.2, -0.15) is 0 Å². The van der Waals surface area contributed by atoms with Gasteiger partial charge in [-0.25, -0.2) is 26.9 Å². The minimum absolute atomic E-state index is 0.00325. The highest BCUT2D eigenvalue weighted by Gasteiger charge is 2.32. The van der Waals surface area contributed by atoms with E-state index in [-0.39, 0.29) is 34.2 Å². The van der Waals surface area contributed by atoms with Gasteiger partial charge in [-0.15, -0.1) is 0 Å². The summed E-state index contributed by atoms with van der Waals surface area (Å²) in [7, 11) is -4.05. The van der Waals surface area contributed by atoms with Crippen molar-refractivity contribution in [3.63, 3.8) is 0 Å². The summed E-state index contributed by atoms with van der Waals surface area (Å²) in [5.41, 5.74) is 0.762. The number of halogens is 4. The fraction of sp³-hybridized carbons (Fsp3) is 0.136. The Morgan fingerprint density at radius 1 is 0.969 bits per heavy atom. The molecule has 0 saturated heterocycles. The fourth-order valence-corrected chi connectivity index (χ4v) is 5.25. The number of aliphatic imine (C=N–C) groups is 1. The van der Waals surface area contributed by atoms with Crippen molar-refractivity contribution in [1.82, 2.24) is 4.72 Å². The molecule has 1 aliphatic rings. The highest BCUT2D eigenvalue weighted by atomic mass is 35.5. The summed E-state index contributed by atoms with van der Waals surface area (Å²) < 4.78 is 57.3. The van der Waals surface area contributed by atoms with Crippen LogP contribution in [0.25, 0.3) is 0 Å². The molecule has 1 aliphatic heterocycles. The van der Waals surface area contributed by atoms with Crippen LogP contribution in [0.1, 0.15) is 29.5 Å². The maximum Gasteiger partial charge on any atom is 0.266 e. The highest BCUT2D eigenvalue weighted by Crippen LogP contribution is 2.38. The topological polar surface area (TPSA) is 70.6 Å². The van der Waals surface area contributed by atoms with Crippen LogP contribution in [0.4, 0.5) is 14.5 Å². The van der Waals surface area contributed by atoms with Crippen molar-refractivity contribution in [2.24, 2.45) is 4.99 Å². The van der Waals surface area contributed by atoms with Crippen molar-refractivity contribution in [2.45, 2.75) is 24.3 Å². The van der Waals surface area contributed by atoms with Crippen LogP contribution < -0.4 is 10.0 Å². The molecule has 0 saturated carbocycles. The molecule has 1 atom stereocenters. The third-order valence-electron chi connectivity index (χ3n) is 5.18. The van der Waals surface area contributed by atoms with E-state index >= 15 is 0 Å². The third-order valence-corrected chi connectivity index (χ3v) is 7.27. The molecule has 0 bridgehead atoms. The summed E-state index contributed by atoms with van der Waals surface area (Å²) in [4.78, 5) is 4.08. The maximum absolute atomic E-state index is 14.9. The summed E-state index contributed by atoms with van der Waals surface area (Å²) in [5.74, 6) is -2.08. The zero-order valence-electron chi connectivity index (χ0n) is 16.7. The number of anilines is 1. The predicted molar refractivity (Wildman–Crippen MR) is 122 cm³/mol. The van der Waals surface area contributed by atoms with Crippen molar-refractivity contribution < 1.29 is 17.2 Å². The normalized spacial score (nSPS) is 16.7. The van der Waals surface area contributed by atoms with E-state index in [2.05, 4.69) is 15.0 Å². The second-order valence-electron chi connectivity index (χ2n) is 7.17. The molecule has 5 nitrogen and oxygen atoms in total. The third kappa shape index (κ3) is 4.18. The van der Waals surface area contributed by atoms with Crippen molar-refractivity contribution in [3.05, 3.63) is 93.0 Å². The first-order valence-corrected chi connectivity index (χ1v) is 11.8. The molecule has 2 N–H and O–H groups in total. The quantitative estimate of drug-likeness (QED) is 0.488. The maximum atomic E-state index is 14.9. The number of guanidine groups is 1. The van der Waals surface area contributed by atoms with Crippen LogP contribution in [0.15, 0.2) is 64.5 Å². The number of sulfonamides is 1. The van der Waals surface area contributed by atoms with Crippen LogP contribution in [0.3, 0.4) is 0 Å². The van der Waals surface area contributed by atoms with Gasteiger partial charge in [0.2, 0.25) is 5.96 Å². The van der Waals surface area contributed by atoms with E-state index < -0.39 is 27.6 Å². The van der Waals surface area contributed by atoms with Crippen LogP contribution >= 0.6 is 23.2 Å². The van der Waals surface area contributed by atoms with E-state index in [9.17, 15) is 17.2 Å². The van der Waals surface area contributed by atoms with Crippen molar-refractivity contribution in [1.29, 1.82) is 0 Å². The van der Waals surface area contributed by atoms with E-state index in [1.165, 1.54) is 18.2 Å². The van der Waals surface area contributed by atoms with E-state index in [1.807, 2.05) is 0 Å². The molecule has 0 aromatic heterocycles. The average molecular weight is 496 g/mol. The van der Waals surface area contributed by atoms with Gasteiger partial charge in [-0.05, 0) is 35.9 Å². The second-order valence-corrected chi connectivity index (χ2v) is 9.64. The molecule has 166 valence electrons. The largest absolute Gasteiger partial charge is 0.324 e. The molecular weight excluding hydrogens is 479 g/mol. The van der Waals surface area contributed by atoms with Gasteiger partial charge < -0.3 is 5.32 Å². The Bertz CT molecular complexity index is 1330. The summed E-state index contributed by atoms with van der Waals surface area (Å²) in [6, 6.07) is 13.1. The number of rotatable bonds is 4. The van der Waals surface area contributed by atoms with Gasteiger partial charge in [0.05, 0.1) is 12.2 Å². The SMILES string of the molecule is C[C@@H](c1ccccc1F)c1c(F)ccc2c1NC(=NCc1c(Cl)cccc1Cl)NS2(=O)=O. The Kier molecular flexibility index (Phi) is 6.11. The highest BCUT2D eigenvalue weighted by molar-refractivity contribution is 7.90. The molecule has 1 heterocycles. The Morgan fingerprint density at radius 2 is 1.66 bits per heavy atom. The lowest BCUT2D eigenvalue weighted by molar-refractivity contribution is 0.577. The van der Waals surface area contributed by atoms with Crippen molar-refractivity contribution in [3.8, 4) is 0 Å². The zero-order chi connectivity index (χ0) is 23.0. The zero-order valence-corrected chi connectivity index (χ0v) is 19.0. The van der Waals surface area contributed by atoms with Crippen LogP contribution in [0.5, 0.6) is 0 Å². The van der Waals surface area contributed by atoms with E-state index in [1.54, 1.807) is 31.2 Å². The summed E-state index contributed by atoms with van der Waals surface area (Å²) in [6.07, 6.45) is 0. The molecule has 10 heteroatoms. The molecular formula is C22H17Cl2F2N3O2S. The molecule has 0 fully saturated rings. The Balaban J connectivity index is 1.79. The lowest BCUT2D eigenvalue weighted by atomic mass is 9.91. The van der Waals surface area contributed by atoms with Crippen LogP contribution in [-0.2, 0) is 16.6 Å². The summed E-state index contributed by atoms with van der Waals surface area (Å²) >= 11 is 12.3. The molecule has 3 aromatic carbocycles. The minimum Gasteiger partial charge on any atom is -0.324 e. The first-order chi connectivity index (χ1) is 15.2. The minimum atomic E-state index is -4.05. The van der Waals surface area contributed by atoms with Crippen LogP contribution in [0, 0.1) is 11.6 Å². The lowest BCUT2D eigenvalue weighted by Crippen LogP contribution is -2.41. The fourth-order valence-electron chi connectivity index (χ4n) is 3.57. The molecule has 0 aliphatic carbocycles. The van der Waals surface area contributed by atoms with Gasteiger partial charge in [-0.3, -0.25) is 0 Å². The number of fused-ring (bicyclic) bond motifs is 1. The molecule has 0 unspecified atom stereocenters. The predicted octanol–water partition coefficient (Wildman–Crippen LogP) is 5.68. The number of benzene rings is 3. The van der Waals surface area contributed by atoms with E-state index in [4.69, 9.17) is 23.2 Å². The van der Waals surface area contributed by atoms with Gasteiger partial charge in [0.1, 0.15) is 16.5 Å². The second kappa shape index (κ2) is 8.69. The number of nitrogens with zero attached hydrogens (tertiary/aromatic N) is 1. The molecule has 3 aromatic rings. The van der Waals surface area contributed by atoms with Crippen LogP contribution in [0.2, 0.25) is 10.0 Å². The summed E-state index contributed by atoms with van der Waals surface area (Å²) in [6.45, 7) is 1.58. The standard InChI is InChI=1S/C22H17Cl2F2N3O2S/c1-12(13-5-2-3-8-17(13)25)20-18(26)9-10-19-21(20)28-22(29-32(19,30)31)27-11-14-15(23)6-4-7-16(14)24/h2-10,12H,11H2,1H3,(H2,27,28,29)/t12-/m0/s1. The first-order valence-electron chi connectivity index (χ1n) is 9.53. The monoisotopic (exact) mass is 495 g/mol. The lowest BCUT2D eigenvalue weighted by Gasteiger charge is -2.26. The molecule has 4 rings (SSSR count). The average Bonchev–Trinajstić information content (AvgIpc) is 2.72. The molecule has 0 spiro atoms. The number of hydrogen-bond acceptors (Lipinski definition) is 3. The van der Waals surface area contributed by atoms with E-state index in [0.29, 0.717) is 15.6 Å². The Labute approximate surface area is 194 Å². The van der Waals surface area contributed by atoms with Crippen molar-refractivity contribution >= 4 is 44.9 Å². The molecule has 0 amide bonds. The first kappa shape index (κ1) is 22.5. The van der Waals surface area contributed by atoms with Gasteiger partial charge in [0, 0.05) is 27.1 Å². The Morgan fingerprint density at radius 3 is 2.34 bits per heavy atom. The Hall–Kier alpha value is -2.68. The smallest absolute Gasteiger partial charge is 0.266 e. The molecule has 0 radical (unpaired) electrons. The van der Waals surface area contributed by atoms with Gasteiger partial charge in [0.15, 0.2) is 0 Å². The van der Waals surface area contributed by atoms with E-state index in [0.717, 1.165) is 12.1 Å². The van der Waals surface area contributed by atoms with Gasteiger partial charge >= 0.3 is 0 Å². The van der Waals surface area contributed by atoms with Crippen molar-refractivity contribution in [2.75, 3.05) is 5.32 Å². The van der Waals surface area contributed by atoms with Gasteiger partial charge in [0.25, 0.3) is 10.0 Å². The van der Waals surface area contributed by atoms with Crippen LogP contribution in [-0.4, -0.2) is 14.4 Å². The summed E-state index contributed by atoms with van der Waals surface area (Å²) in [5, 5.41) is 3.60. The number of hydrogen-bond donors (Lipinski definition) is 2. The number of nitrogens with one attached hydrogen (secondary N) is 2. The van der Waals surface area contributed by atoms with Gasteiger partial charge in [-0.1, -0.05) is 54.4 Å².